The third-order valence-corrected chi connectivity index (χ3v) is 6.61. The van der Waals surface area contributed by atoms with Gasteiger partial charge in [0, 0.05) is 37.9 Å². The van der Waals surface area contributed by atoms with Crippen LogP contribution in [0, 0.1) is 17.2 Å². The number of fused-ring (bicyclic) bond motifs is 1. The van der Waals surface area contributed by atoms with Crippen molar-refractivity contribution >= 4 is 23.2 Å². The van der Waals surface area contributed by atoms with E-state index >= 15 is 0 Å². The number of carbonyl (C=O) groups is 2. The normalized spacial score (nSPS) is 21.4. The average molecular weight is 478 g/mol. The molecule has 4 heterocycles. The Kier molecular flexibility index (Phi) is 6.31. The number of amides is 2. The number of hydrogen-bond acceptors (Lipinski definition) is 8. The van der Waals surface area contributed by atoms with E-state index in [1.165, 1.54) is 7.11 Å². The Morgan fingerprint density at radius 2 is 2.17 bits per heavy atom. The van der Waals surface area contributed by atoms with Crippen molar-refractivity contribution in [2.24, 2.45) is 5.92 Å². The lowest BCUT2D eigenvalue weighted by Crippen LogP contribution is -2.42. The Balaban J connectivity index is 1.29. The van der Waals surface area contributed by atoms with Gasteiger partial charge in [-0.05, 0) is 24.6 Å². The summed E-state index contributed by atoms with van der Waals surface area (Å²) in [6, 6.07) is 9.53. The molecular formula is C25H27N5O5. The van der Waals surface area contributed by atoms with Gasteiger partial charge in [0.15, 0.2) is 0 Å². The summed E-state index contributed by atoms with van der Waals surface area (Å²) in [5.74, 6) is 1.42. The fraction of sp³-hybridized carbons (Fsp3) is 0.440. The molecule has 35 heavy (non-hydrogen) atoms. The highest BCUT2D eigenvalue weighted by Crippen LogP contribution is 2.40. The second kappa shape index (κ2) is 9.70. The summed E-state index contributed by atoms with van der Waals surface area (Å²) in [4.78, 5) is 32.7. The Hall–Kier alpha value is -4.00. The van der Waals surface area contributed by atoms with Crippen LogP contribution in [-0.2, 0) is 9.59 Å². The number of hydrogen-bond donors (Lipinski definition) is 1. The van der Waals surface area contributed by atoms with E-state index in [9.17, 15) is 14.9 Å². The van der Waals surface area contributed by atoms with Gasteiger partial charge in [0.2, 0.25) is 17.7 Å². The van der Waals surface area contributed by atoms with Crippen LogP contribution >= 0.6 is 0 Å². The van der Waals surface area contributed by atoms with Crippen LogP contribution in [-0.4, -0.2) is 67.7 Å². The second-order valence-corrected chi connectivity index (χ2v) is 8.84. The Morgan fingerprint density at radius 1 is 1.29 bits per heavy atom. The summed E-state index contributed by atoms with van der Waals surface area (Å²) in [7, 11) is 1.49. The number of benzene rings is 1. The monoisotopic (exact) mass is 477 g/mol. The van der Waals surface area contributed by atoms with E-state index in [1.54, 1.807) is 12.3 Å². The first-order chi connectivity index (χ1) is 17.1. The summed E-state index contributed by atoms with van der Waals surface area (Å²) < 4.78 is 17.3. The van der Waals surface area contributed by atoms with Gasteiger partial charge in [-0.1, -0.05) is 0 Å². The smallest absolute Gasteiger partial charge is 0.231 e. The highest BCUT2D eigenvalue weighted by atomic mass is 16.5. The maximum atomic E-state index is 12.9. The van der Waals surface area contributed by atoms with Crippen molar-refractivity contribution in [3.63, 3.8) is 0 Å². The van der Waals surface area contributed by atoms with Crippen LogP contribution < -0.4 is 24.4 Å². The fourth-order valence-corrected chi connectivity index (χ4v) is 4.84. The van der Waals surface area contributed by atoms with Crippen LogP contribution in [0.4, 0.5) is 11.4 Å². The van der Waals surface area contributed by atoms with E-state index in [0.717, 1.165) is 23.5 Å². The fourth-order valence-electron chi connectivity index (χ4n) is 4.84. The third-order valence-electron chi connectivity index (χ3n) is 6.61. The van der Waals surface area contributed by atoms with Gasteiger partial charge in [-0.3, -0.25) is 9.59 Å². The zero-order valence-electron chi connectivity index (χ0n) is 19.5. The molecule has 1 N–H and O–H groups in total. The van der Waals surface area contributed by atoms with Crippen molar-refractivity contribution < 1.29 is 23.8 Å². The average Bonchev–Trinajstić information content (AvgIpc) is 3.35. The van der Waals surface area contributed by atoms with Crippen LogP contribution in [0.15, 0.2) is 30.5 Å². The van der Waals surface area contributed by atoms with Crippen LogP contribution in [0.2, 0.25) is 0 Å². The summed E-state index contributed by atoms with van der Waals surface area (Å²) >= 11 is 0. The topological polar surface area (TPSA) is 117 Å². The summed E-state index contributed by atoms with van der Waals surface area (Å²) in [6.07, 6.45) is 3.22. The first-order valence-electron chi connectivity index (χ1n) is 11.8. The molecule has 2 amide bonds. The van der Waals surface area contributed by atoms with Crippen LogP contribution in [0.5, 0.6) is 17.4 Å². The molecule has 3 aliphatic heterocycles. The summed E-state index contributed by atoms with van der Waals surface area (Å²) in [5, 5.41) is 12.2. The van der Waals surface area contributed by atoms with E-state index in [1.807, 2.05) is 28.0 Å². The highest BCUT2D eigenvalue weighted by molar-refractivity contribution is 5.87. The maximum Gasteiger partial charge on any atom is 0.231 e. The Labute approximate surface area is 203 Å². The van der Waals surface area contributed by atoms with Crippen molar-refractivity contribution in [2.45, 2.75) is 25.4 Å². The number of rotatable bonds is 5. The molecule has 182 valence electrons. The number of ether oxygens (including phenoxy) is 3. The molecule has 0 saturated carbocycles. The molecule has 0 aliphatic carbocycles. The van der Waals surface area contributed by atoms with Crippen molar-refractivity contribution in [3.05, 3.63) is 36.0 Å². The highest BCUT2D eigenvalue weighted by Gasteiger charge is 2.34. The number of carbonyl (C=O) groups excluding carboxylic acids is 2. The molecule has 1 aromatic heterocycles. The molecule has 2 atom stereocenters. The third kappa shape index (κ3) is 4.67. The largest absolute Gasteiger partial charge is 0.490 e. The van der Waals surface area contributed by atoms with Gasteiger partial charge in [-0.2, -0.15) is 5.26 Å². The van der Waals surface area contributed by atoms with Crippen LogP contribution in [0.3, 0.4) is 0 Å². The Bertz CT molecular complexity index is 1180. The molecular weight excluding hydrogens is 450 g/mol. The lowest BCUT2D eigenvalue weighted by molar-refractivity contribution is -0.139. The number of methoxy groups -OCH3 is 1. The molecule has 2 fully saturated rings. The Morgan fingerprint density at radius 3 is 2.97 bits per heavy atom. The minimum atomic E-state index is -0.242. The molecule has 5 rings (SSSR count). The van der Waals surface area contributed by atoms with E-state index in [4.69, 9.17) is 14.2 Å². The van der Waals surface area contributed by atoms with Gasteiger partial charge in [-0.15, -0.1) is 0 Å². The number of pyridine rings is 1. The summed E-state index contributed by atoms with van der Waals surface area (Å²) in [6.45, 7) is 2.77. The number of piperidine rings is 1. The maximum absolute atomic E-state index is 12.9. The molecule has 0 radical (unpaired) electrons. The molecule has 2 aromatic rings. The molecule has 10 nitrogen and oxygen atoms in total. The van der Waals surface area contributed by atoms with Crippen LogP contribution in [0.1, 0.15) is 24.8 Å². The number of nitriles is 1. The molecule has 0 spiro atoms. The van der Waals surface area contributed by atoms with Crippen molar-refractivity contribution in [1.82, 2.24) is 15.2 Å². The van der Waals surface area contributed by atoms with Gasteiger partial charge in [0.05, 0.1) is 37.8 Å². The number of aromatic nitrogens is 1. The van der Waals surface area contributed by atoms with Gasteiger partial charge >= 0.3 is 0 Å². The molecule has 10 heteroatoms. The number of likely N-dealkylation sites (tertiary alicyclic amines) is 1. The quantitative estimate of drug-likeness (QED) is 0.695. The SMILES string of the molecule is COc1ncc(N2CCOc3ccc(O[C@H]4CCN(C(=O)C5CCNC(=O)C5)C4)cc32)cc1C#N. The number of nitrogens with zero attached hydrogens (tertiary/aromatic N) is 4. The molecule has 0 bridgehead atoms. The molecule has 3 aliphatic rings. The van der Waals surface area contributed by atoms with E-state index in [-0.39, 0.29) is 36.1 Å². The predicted molar refractivity (Wildman–Crippen MR) is 126 cm³/mol. The van der Waals surface area contributed by atoms with E-state index in [0.29, 0.717) is 50.5 Å². The lowest BCUT2D eigenvalue weighted by atomic mass is 9.96. The number of nitrogens with one attached hydrogen (secondary N) is 1. The van der Waals surface area contributed by atoms with E-state index in [2.05, 4.69) is 16.4 Å². The van der Waals surface area contributed by atoms with Gasteiger partial charge < -0.3 is 29.3 Å². The van der Waals surface area contributed by atoms with Crippen molar-refractivity contribution in [3.8, 4) is 23.4 Å². The molecule has 1 unspecified atom stereocenters. The van der Waals surface area contributed by atoms with Crippen molar-refractivity contribution in [2.75, 3.05) is 44.8 Å². The van der Waals surface area contributed by atoms with Gasteiger partial charge in [-0.25, -0.2) is 4.98 Å². The van der Waals surface area contributed by atoms with Gasteiger partial charge in [0.25, 0.3) is 0 Å². The second-order valence-electron chi connectivity index (χ2n) is 8.84. The minimum Gasteiger partial charge on any atom is -0.490 e. The standard InChI is InChI=1S/C25H27N5O5/c1-33-24-17(13-26)10-18(14-28-24)30-8-9-34-22-3-2-19(12-21(22)30)35-20-5-7-29(15-20)25(32)16-4-6-27-23(31)11-16/h2-3,10,12,14,16,20H,4-9,11,15H2,1H3,(H,27,31)/t16?,20-/m0/s1. The molecule has 1 aromatic carbocycles. The zero-order valence-corrected chi connectivity index (χ0v) is 19.5. The first kappa shape index (κ1) is 22.8. The van der Waals surface area contributed by atoms with E-state index < -0.39 is 0 Å². The lowest BCUT2D eigenvalue weighted by Gasteiger charge is -2.31. The molecule has 2 saturated heterocycles. The zero-order chi connectivity index (χ0) is 24.4. The predicted octanol–water partition coefficient (Wildman–Crippen LogP) is 2.00. The first-order valence-corrected chi connectivity index (χ1v) is 11.8. The van der Waals surface area contributed by atoms with Gasteiger partial charge in [0.1, 0.15) is 35.8 Å². The van der Waals surface area contributed by atoms with Crippen LogP contribution in [0.25, 0.3) is 0 Å². The van der Waals surface area contributed by atoms with Crippen molar-refractivity contribution in [1.29, 1.82) is 5.26 Å². The minimum absolute atomic E-state index is 0.0382. The summed E-state index contributed by atoms with van der Waals surface area (Å²) in [5.41, 5.74) is 1.94. The number of anilines is 2.